The maximum Gasteiger partial charge on any atom is 0.264 e. The van der Waals surface area contributed by atoms with Crippen molar-refractivity contribution in [3.8, 4) is 0 Å². The second kappa shape index (κ2) is 2.09. The van der Waals surface area contributed by atoms with Gasteiger partial charge >= 0.3 is 0 Å². The molecule has 1 aromatic heterocycles. The van der Waals surface area contributed by atoms with E-state index in [0.29, 0.717) is 10.7 Å². The van der Waals surface area contributed by atoms with Crippen LogP contribution in [0.15, 0.2) is 15.5 Å². The van der Waals surface area contributed by atoms with Crippen molar-refractivity contribution < 1.29 is 4.42 Å². The fraction of sp³-hybridized carbons (Fsp3) is 0.571. The zero-order chi connectivity index (χ0) is 7.14. The molecule has 3 heteroatoms. The largest absolute Gasteiger partial charge is 0.439 e. The lowest BCUT2D eigenvalue weighted by Crippen LogP contribution is -1.78. The first-order valence-electron chi connectivity index (χ1n) is 3.38. The summed E-state index contributed by atoms with van der Waals surface area (Å²) in [6, 6.07) is 0. The zero-order valence-corrected chi connectivity index (χ0v) is 7.26. The smallest absolute Gasteiger partial charge is 0.264 e. The Morgan fingerprint density at radius 2 is 2.50 bits per heavy atom. The Labute approximate surface area is 67.8 Å². The Kier molecular flexibility index (Phi) is 1.34. The first-order chi connectivity index (χ1) is 4.77. The highest BCUT2D eigenvalue weighted by molar-refractivity contribution is 9.10. The molecule has 1 aromatic rings. The van der Waals surface area contributed by atoms with Gasteiger partial charge < -0.3 is 4.42 Å². The van der Waals surface area contributed by atoms with Crippen LogP contribution in [0.2, 0.25) is 0 Å². The van der Waals surface area contributed by atoms with E-state index in [1.54, 1.807) is 6.26 Å². The number of hydrogen-bond acceptors (Lipinski definition) is 2. The molecular weight excluding hydrogens is 194 g/mol. The molecule has 2 unspecified atom stereocenters. The van der Waals surface area contributed by atoms with Crippen LogP contribution >= 0.6 is 15.9 Å². The molecule has 0 radical (unpaired) electrons. The minimum absolute atomic E-state index is 0.599. The van der Waals surface area contributed by atoms with E-state index in [9.17, 15) is 0 Å². The normalized spacial score (nSPS) is 30.6. The van der Waals surface area contributed by atoms with Gasteiger partial charge in [-0.25, -0.2) is 4.98 Å². The van der Waals surface area contributed by atoms with E-state index in [1.807, 2.05) is 0 Å². The molecule has 2 atom stereocenters. The second-order valence-electron chi connectivity index (χ2n) is 2.84. The fourth-order valence-corrected chi connectivity index (χ4v) is 1.47. The van der Waals surface area contributed by atoms with Crippen molar-refractivity contribution in [2.45, 2.75) is 19.3 Å². The Bertz CT molecular complexity index is 246. The number of halogens is 1. The number of hydrogen-bond donors (Lipinski definition) is 0. The Balaban J connectivity index is 2.20. The van der Waals surface area contributed by atoms with Gasteiger partial charge in [0.05, 0.1) is 5.69 Å². The van der Waals surface area contributed by atoms with Crippen LogP contribution in [-0.2, 0) is 0 Å². The predicted octanol–water partition coefficient (Wildman–Crippen LogP) is 2.56. The van der Waals surface area contributed by atoms with E-state index in [2.05, 4.69) is 27.8 Å². The van der Waals surface area contributed by atoms with Crippen molar-refractivity contribution in [2.24, 2.45) is 5.92 Å². The third kappa shape index (κ3) is 0.985. The Hall–Kier alpha value is -0.310. The van der Waals surface area contributed by atoms with Crippen LogP contribution in [0.5, 0.6) is 0 Å². The van der Waals surface area contributed by atoms with Gasteiger partial charge in [-0.05, 0) is 12.3 Å². The van der Waals surface area contributed by atoms with Crippen LogP contribution in [-0.4, -0.2) is 4.98 Å². The topological polar surface area (TPSA) is 26.0 Å². The first kappa shape index (κ1) is 6.40. The number of rotatable bonds is 1. The highest BCUT2D eigenvalue weighted by atomic mass is 79.9. The monoisotopic (exact) mass is 201 g/mol. The molecule has 54 valence electrons. The summed E-state index contributed by atoms with van der Waals surface area (Å²) in [7, 11) is 0. The predicted molar refractivity (Wildman–Crippen MR) is 40.7 cm³/mol. The van der Waals surface area contributed by atoms with Crippen LogP contribution in [0.4, 0.5) is 0 Å². The molecule has 0 spiro atoms. The van der Waals surface area contributed by atoms with E-state index >= 15 is 0 Å². The van der Waals surface area contributed by atoms with Gasteiger partial charge in [-0.2, -0.15) is 0 Å². The molecule has 0 amide bonds. The molecule has 1 aliphatic rings. The molecule has 0 N–H and O–H groups in total. The van der Waals surface area contributed by atoms with Crippen molar-refractivity contribution in [1.29, 1.82) is 0 Å². The summed E-state index contributed by atoms with van der Waals surface area (Å²) in [5, 5.41) is 0. The van der Waals surface area contributed by atoms with Crippen LogP contribution in [0, 0.1) is 5.92 Å². The van der Waals surface area contributed by atoms with Gasteiger partial charge in [0.2, 0.25) is 0 Å². The van der Waals surface area contributed by atoms with Gasteiger partial charge in [-0.1, -0.05) is 6.92 Å². The van der Waals surface area contributed by atoms with Crippen LogP contribution in [0.25, 0.3) is 0 Å². The lowest BCUT2D eigenvalue weighted by atomic mass is 10.3. The minimum atomic E-state index is 0.599. The number of nitrogens with zero attached hydrogens (tertiary/aromatic N) is 1. The average molecular weight is 202 g/mol. The van der Waals surface area contributed by atoms with Crippen molar-refractivity contribution in [3.05, 3.63) is 16.8 Å². The Morgan fingerprint density at radius 3 is 2.90 bits per heavy atom. The van der Waals surface area contributed by atoms with E-state index in [4.69, 9.17) is 4.42 Å². The fourth-order valence-electron chi connectivity index (χ4n) is 1.17. The molecule has 10 heavy (non-hydrogen) atoms. The van der Waals surface area contributed by atoms with Gasteiger partial charge in [-0.3, -0.25) is 0 Å². The summed E-state index contributed by atoms with van der Waals surface area (Å²) in [5.41, 5.74) is 1.10. The lowest BCUT2D eigenvalue weighted by molar-refractivity contribution is 0.527. The maximum absolute atomic E-state index is 5.02. The second-order valence-corrected chi connectivity index (χ2v) is 3.52. The number of oxazole rings is 1. The molecule has 2 rings (SSSR count). The molecule has 0 bridgehead atoms. The summed E-state index contributed by atoms with van der Waals surface area (Å²) in [6.07, 6.45) is 3.00. The van der Waals surface area contributed by atoms with Crippen molar-refractivity contribution >= 4 is 15.9 Å². The van der Waals surface area contributed by atoms with Crippen LogP contribution in [0.3, 0.4) is 0 Å². The molecule has 1 saturated carbocycles. The van der Waals surface area contributed by atoms with E-state index in [0.717, 1.165) is 11.6 Å². The molecule has 2 nitrogen and oxygen atoms in total. The summed E-state index contributed by atoms with van der Waals surface area (Å²) >= 11 is 3.17. The first-order valence-corrected chi connectivity index (χ1v) is 4.17. The van der Waals surface area contributed by atoms with Gasteiger partial charge in [0.25, 0.3) is 4.80 Å². The highest BCUT2D eigenvalue weighted by Crippen LogP contribution is 2.46. The quantitative estimate of drug-likeness (QED) is 0.699. The van der Waals surface area contributed by atoms with Crippen LogP contribution in [0.1, 0.15) is 25.0 Å². The minimum Gasteiger partial charge on any atom is -0.439 e. The highest BCUT2D eigenvalue weighted by Gasteiger charge is 2.36. The SMILES string of the molecule is CC1CC1c1coc(Br)n1. The summed E-state index contributed by atoms with van der Waals surface area (Å²) in [4.78, 5) is 4.77. The van der Waals surface area contributed by atoms with Crippen molar-refractivity contribution in [1.82, 2.24) is 4.98 Å². The van der Waals surface area contributed by atoms with E-state index in [-0.39, 0.29) is 0 Å². The van der Waals surface area contributed by atoms with Gasteiger partial charge in [0, 0.05) is 21.8 Å². The number of aromatic nitrogens is 1. The lowest BCUT2D eigenvalue weighted by Gasteiger charge is -1.83. The van der Waals surface area contributed by atoms with Gasteiger partial charge in [0.15, 0.2) is 0 Å². The summed E-state index contributed by atoms with van der Waals surface area (Å²) < 4.78 is 5.02. The van der Waals surface area contributed by atoms with Crippen LogP contribution < -0.4 is 0 Å². The van der Waals surface area contributed by atoms with Gasteiger partial charge in [0.1, 0.15) is 6.26 Å². The third-order valence-electron chi connectivity index (χ3n) is 1.98. The zero-order valence-electron chi connectivity index (χ0n) is 5.67. The maximum atomic E-state index is 5.02. The summed E-state index contributed by atoms with van der Waals surface area (Å²) in [6.45, 7) is 2.23. The Morgan fingerprint density at radius 1 is 1.80 bits per heavy atom. The van der Waals surface area contributed by atoms with Crippen molar-refractivity contribution in [2.75, 3.05) is 0 Å². The third-order valence-corrected chi connectivity index (χ3v) is 2.35. The molecule has 0 aliphatic heterocycles. The molecule has 1 fully saturated rings. The van der Waals surface area contributed by atoms with E-state index < -0.39 is 0 Å². The molecule has 0 aromatic carbocycles. The molecule has 1 heterocycles. The molecule has 1 aliphatic carbocycles. The molecular formula is C7H8BrNO. The van der Waals surface area contributed by atoms with Gasteiger partial charge in [-0.15, -0.1) is 0 Å². The molecule has 0 saturated heterocycles. The average Bonchev–Trinajstić information content (AvgIpc) is 2.42. The van der Waals surface area contributed by atoms with Crippen molar-refractivity contribution in [3.63, 3.8) is 0 Å². The summed E-state index contributed by atoms with van der Waals surface area (Å²) in [5.74, 6) is 1.46. The standard InChI is InChI=1S/C7H8BrNO/c1-4-2-5(4)6-3-10-7(8)9-6/h3-5H,2H2,1H3. The van der Waals surface area contributed by atoms with E-state index in [1.165, 1.54) is 6.42 Å².